The maximum atomic E-state index is 5.76. The number of ether oxygens (including phenoxy) is 1. The molecule has 3 nitrogen and oxygen atoms in total. The molecule has 0 amide bonds. The number of rotatable bonds is 9. The van der Waals surface area contributed by atoms with E-state index in [2.05, 4.69) is 37.1 Å². The van der Waals surface area contributed by atoms with Gasteiger partial charge in [-0.25, -0.2) is 4.98 Å². The normalized spacial score (nSPS) is 10.9. The largest absolute Gasteiger partial charge is 0.477 e. The number of pyridine rings is 1. The highest BCUT2D eigenvalue weighted by atomic mass is 16.5. The lowest BCUT2D eigenvalue weighted by atomic mass is 10.2. The molecule has 0 saturated heterocycles. The maximum absolute atomic E-state index is 5.76. The molecule has 0 aliphatic rings. The highest BCUT2D eigenvalue weighted by Gasteiger charge is 2.04. The summed E-state index contributed by atoms with van der Waals surface area (Å²) < 4.78 is 5.76. The first kappa shape index (κ1) is 15.0. The van der Waals surface area contributed by atoms with Gasteiger partial charge in [0.15, 0.2) is 0 Å². The molecule has 0 fully saturated rings. The molecular weight excluding hydrogens is 224 g/mol. The average Bonchev–Trinajstić information content (AvgIpc) is 2.37. The van der Waals surface area contributed by atoms with E-state index in [1.807, 2.05) is 6.07 Å². The van der Waals surface area contributed by atoms with Crippen LogP contribution in [-0.4, -0.2) is 17.6 Å². The third kappa shape index (κ3) is 6.01. The van der Waals surface area contributed by atoms with Crippen LogP contribution in [0.5, 0.6) is 5.88 Å². The molecule has 0 spiro atoms. The first-order valence-corrected chi connectivity index (χ1v) is 7.04. The summed E-state index contributed by atoms with van der Waals surface area (Å²) in [6.45, 7) is 8.08. The number of unbranched alkanes of at least 4 members (excludes halogenated alkanes) is 3. The Hall–Kier alpha value is -1.09. The lowest BCUT2D eigenvalue weighted by molar-refractivity contribution is 0.289. The standard InChI is InChI=1S/C15H26N2O/c1-4-5-6-7-11-18-15-14(9-8-10-16-15)12-17-13(2)3/h8-10,13,17H,4-7,11-12H2,1-3H3. The summed E-state index contributed by atoms with van der Waals surface area (Å²) in [4.78, 5) is 4.31. The Labute approximate surface area is 111 Å². The third-order valence-electron chi connectivity index (χ3n) is 2.79. The van der Waals surface area contributed by atoms with Crippen LogP contribution in [0.2, 0.25) is 0 Å². The van der Waals surface area contributed by atoms with Crippen molar-refractivity contribution in [2.24, 2.45) is 0 Å². The second-order valence-electron chi connectivity index (χ2n) is 4.91. The second kappa shape index (κ2) is 8.92. The SMILES string of the molecule is CCCCCCOc1ncccc1CNC(C)C. The average molecular weight is 250 g/mol. The van der Waals surface area contributed by atoms with Crippen LogP contribution in [0.25, 0.3) is 0 Å². The molecule has 1 heterocycles. The molecule has 1 rings (SSSR count). The summed E-state index contributed by atoms with van der Waals surface area (Å²) in [6, 6.07) is 4.51. The Morgan fingerprint density at radius 3 is 2.83 bits per heavy atom. The van der Waals surface area contributed by atoms with Crippen molar-refractivity contribution in [1.82, 2.24) is 10.3 Å². The van der Waals surface area contributed by atoms with E-state index >= 15 is 0 Å². The number of hydrogen-bond donors (Lipinski definition) is 1. The summed E-state index contributed by atoms with van der Waals surface area (Å²) in [5.41, 5.74) is 1.14. The van der Waals surface area contributed by atoms with Gasteiger partial charge in [0.1, 0.15) is 0 Å². The third-order valence-corrected chi connectivity index (χ3v) is 2.79. The van der Waals surface area contributed by atoms with Gasteiger partial charge in [-0.05, 0) is 12.5 Å². The van der Waals surface area contributed by atoms with Crippen LogP contribution in [0.15, 0.2) is 18.3 Å². The lowest BCUT2D eigenvalue weighted by Gasteiger charge is -2.12. The summed E-state index contributed by atoms with van der Waals surface area (Å²) in [5.74, 6) is 0.780. The molecule has 0 unspecified atom stereocenters. The molecule has 1 aromatic rings. The van der Waals surface area contributed by atoms with Gasteiger partial charge in [0, 0.05) is 24.3 Å². The van der Waals surface area contributed by atoms with Crippen molar-refractivity contribution < 1.29 is 4.74 Å². The fraction of sp³-hybridized carbons (Fsp3) is 0.667. The maximum Gasteiger partial charge on any atom is 0.217 e. The minimum Gasteiger partial charge on any atom is -0.477 e. The van der Waals surface area contributed by atoms with Crippen LogP contribution in [0, 0.1) is 0 Å². The summed E-state index contributed by atoms with van der Waals surface area (Å²) in [6.07, 6.45) is 6.69. The number of nitrogens with zero attached hydrogens (tertiary/aromatic N) is 1. The molecule has 0 radical (unpaired) electrons. The van der Waals surface area contributed by atoms with Gasteiger partial charge in [-0.3, -0.25) is 0 Å². The van der Waals surface area contributed by atoms with Gasteiger partial charge < -0.3 is 10.1 Å². The fourth-order valence-corrected chi connectivity index (χ4v) is 1.70. The molecule has 0 bridgehead atoms. The number of hydrogen-bond acceptors (Lipinski definition) is 3. The van der Waals surface area contributed by atoms with Crippen molar-refractivity contribution in [3.8, 4) is 5.88 Å². The van der Waals surface area contributed by atoms with E-state index in [-0.39, 0.29) is 0 Å². The van der Waals surface area contributed by atoms with Crippen LogP contribution in [0.4, 0.5) is 0 Å². The number of nitrogens with one attached hydrogen (secondary N) is 1. The Kier molecular flexibility index (Phi) is 7.42. The lowest BCUT2D eigenvalue weighted by Crippen LogP contribution is -2.22. The van der Waals surface area contributed by atoms with E-state index in [4.69, 9.17) is 4.74 Å². The van der Waals surface area contributed by atoms with Gasteiger partial charge >= 0.3 is 0 Å². The van der Waals surface area contributed by atoms with E-state index in [9.17, 15) is 0 Å². The van der Waals surface area contributed by atoms with Crippen molar-refractivity contribution in [3.05, 3.63) is 23.9 Å². The minimum absolute atomic E-state index is 0.475. The van der Waals surface area contributed by atoms with E-state index in [1.165, 1.54) is 19.3 Å². The van der Waals surface area contributed by atoms with Crippen molar-refractivity contribution in [2.45, 2.75) is 59.0 Å². The van der Waals surface area contributed by atoms with E-state index in [0.29, 0.717) is 6.04 Å². The summed E-state index contributed by atoms with van der Waals surface area (Å²) in [5, 5.41) is 3.39. The molecule has 18 heavy (non-hydrogen) atoms. The van der Waals surface area contributed by atoms with Crippen molar-refractivity contribution in [2.75, 3.05) is 6.61 Å². The molecule has 0 aliphatic heterocycles. The van der Waals surface area contributed by atoms with Gasteiger partial charge in [-0.15, -0.1) is 0 Å². The van der Waals surface area contributed by atoms with Gasteiger partial charge in [0.25, 0.3) is 0 Å². The van der Waals surface area contributed by atoms with Crippen molar-refractivity contribution >= 4 is 0 Å². The zero-order chi connectivity index (χ0) is 13.2. The van der Waals surface area contributed by atoms with Crippen LogP contribution >= 0.6 is 0 Å². The number of aromatic nitrogens is 1. The highest BCUT2D eigenvalue weighted by Crippen LogP contribution is 2.14. The molecule has 102 valence electrons. The monoisotopic (exact) mass is 250 g/mol. The van der Waals surface area contributed by atoms with Crippen molar-refractivity contribution in [1.29, 1.82) is 0 Å². The molecular formula is C15H26N2O. The van der Waals surface area contributed by atoms with Gasteiger partial charge in [0.05, 0.1) is 6.61 Å². The molecule has 0 aromatic carbocycles. The quantitative estimate of drug-likeness (QED) is 0.681. The molecule has 3 heteroatoms. The molecule has 1 aromatic heterocycles. The Morgan fingerprint density at radius 1 is 1.28 bits per heavy atom. The van der Waals surface area contributed by atoms with Gasteiger partial charge in [-0.1, -0.05) is 46.1 Å². The topological polar surface area (TPSA) is 34.1 Å². The Morgan fingerprint density at radius 2 is 2.11 bits per heavy atom. The van der Waals surface area contributed by atoms with E-state index in [0.717, 1.165) is 31.0 Å². The summed E-state index contributed by atoms with van der Waals surface area (Å²) >= 11 is 0. The smallest absolute Gasteiger partial charge is 0.217 e. The molecule has 0 saturated carbocycles. The van der Waals surface area contributed by atoms with Gasteiger partial charge in [0.2, 0.25) is 5.88 Å². The Bertz CT molecular complexity index is 326. The van der Waals surface area contributed by atoms with E-state index < -0.39 is 0 Å². The fourth-order valence-electron chi connectivity index (χ4n) is 1.70. The first-order valence-electron chi connectivity index (χ1n) is 7.04. The predicted molar refractivity (Wildman–Crippen MR) is 75.8 cm³/mol. The van der Waals surface area contributed by atoms with Crippen molar-refractivity contribution in [3.63, 3.8) is 0 Å². The second-order valence-corrected chi connectivity index (χ2v) is 4.91. The van der Waals surface area contributed by atoms with Crippen LogP contribution < -0.4 is 10.1 Å². The zero-order valence-corrected chi connectivity index (χ0v) is 11.9. The predicted octanol–water partition coefficient (Wildman–Crippen LogP) is 3.54. The highest BCUT2D eigenvalue weighted by molar-refractivity contribution is 5.25. The summed E-state index contributed by atoms with van der Waals surface area (Å²) in [7, 11) is 0. The minimum atomic E-state index is 0.475. The van der Waals surface area contributed by atoms with Crippen LogP contribution in [-0.2, 0) is 6.54 Å². The molecule has 1 N–H and O–H groups in total. The molecule has 0 aliphatic carbocycles. The zero-order valence-electron chi connectivity index (χ0n) is 11.9. The van der Waals surface area contributed by atoms with Crippen LogP contribution in [0.3, 0.4) is 0 Å². The first-order chi connectivity index (χ1) is 8.74. The van der Waals surface area contributed by atoms with E-state index in [1.54, 1.807) is 6.20 Å². The van der Waals surface area contributed by atoms with Crippen LogP contribution in [0.1, 0.15) is 52.0 Å². The Balaban J connectivity index is 2.38. The molecule has 0 atom stereocenters. The van der Waals surface area contributed by atoms with Gasteiger partial charge in [-0.2, -0.15) is 0 Å².